The Morgan fingerprint density at radius 2 is 1.04 bits per heavy atom. The van der Waals surface area contributed by atoms with Gasteiger partial charge >= 0.3 is 18.2 Å². The fourth-order valence-corrected chi connectivity index (χ4v) is 5.64. The van der Waals surface area contributed by atoms with Crippen LogP contribution in [0.5, 0.6) is 0 Å². The van der Waals surface area contributed by atoms with Crippen molar-refractivity contribution in [2.24, 2.45) is 0 Å². The molecule has 47 heavy (non-hydrogen) atoms. The predicted octanol–water partition coefficient (Wildman–Crippen LogP) is 8.49. The van der Waals surface area contributed by atoms with Crippen molar-refractivity contribution in [3.8, 4) is 0 Å². The molecule has 246 valence electrons. The van der Waals surface area contributed by atoms with Crippen LogP contribution in [0.4, 0.5) is 45.5 Å². The number of hydrogen-bond donors (Lipinski definition) is 6. The molecule has 0 radical (unpaired) electrons. The van der Waals surface area contributed by atoms with Gasteiger partial charge in [-0.05, 0) is 116 Å². The summed E-state index contributed by atoms with van der Waals surface area (Å²) in [5.41, 5.74) is 4.13. The summed E-state index contributed by atoms with van der Waals surface area (Å²) in [6.45, 7) is 4.08. The topological polar surface area (TPSA) is 106 Å². The van der Waals surface area contributed by atoms with Gasteiger partial charge in [0.25, 0.3) is 0 Å². The Labute approximate surface area is 276 Å². The summed E-state index contributed by atoms with van der Waals surface area (Å²) in [7, 11) is 0. The molecule has 2 unspecified atom stereocenters. The molecule has 2 heterocycles. The summed E-state index contributed by atoms with van der Waals surface area (Å²) in [4.78, 5) is 23.9. The van der Waals surface area contributed by atoms with E-state index in [0.717, 1.165) is 50.4 Å². The highest BCUT2D eigenvalue weighted by molar-refractivity contribution is 6.30. The fourth-order valence-electron chi connectivity index (χ4n) is 5.45. The van der Waals surface area contributed by atoms with Crippen molar-refractivity contribution in [2.75, 3.05) is 47.4 Å². The molecular weight excluding hydrogens is 629 g/mol. The van der Waals surface area contributed by atoms with Gasteiger partial charge in [0.1, 0.15) is 0 Å². The van der Waals surface area contributed by atoms with Crippen LogP contribution in [-0.4, -0.2) is 38.2 Å². The average Bonchev–Trinajstić information content (AvgIpc) is 3.78. The van der Waals surface area contributed by atoms with Crippen LogP contribution in [-0.2, 0) is 6.18 Å². The molecule has 2 atom stereocenters. The molecule has 0 bridgehead atoms. The van der Waals surface area contributed by atoms with E-state index in [0.29, 0.717) is 33.9 Å². The van der Waals surface area contributed by atoms with Crippen LogP contribution < -0.4 is 31.9 Å². The molecule has 6 N–H and O–H groups in total. The smallest absolute Gasteiger partial charge is 0.316 e. The molecule has 6 rings (SSSR count). The summed E-state index contributed by atoms with van der Waals surface area (Å²) in [6, 6.07) is 26.2. The van der Waals surface area contributed by atoms with Gasteiger partial charge in [-0.2, -0.15) is 13.2 Å². The highest BCUT2D eigenvalue weighted by atomic mass is 35.5. The van der Waals surface area contributed by atoms with Crippen LogP contribution in [0.2, 0.25) is 5.02 Å². The van der Waals surface area contributed by atoms with Crippen LogP contribution in [0.15, 0.2) is 97.1 Å². The maximum absolute atomic E-state index is 12.5. The molecule has 2 aliphatic heterocycles. The van der Waals surface area contributed by atoms with Crippen LogP contribution in [0.3, 0.4) is 0 Å². The number of urea groups is 2. The highest BCUT2D eigenvalue weighted by Crippen LogP contribution is 2.30. The first kappa shape index (κ1) is 33.8. The van der Waals surface area contributed by atoms with Crippen LogP contribution >= 0.6 is 11.6 Å². The van der Waals surface area contributed by atoms with E-state index in [-0.39, 0.29) is 6.03 Å². The molecule has 0 aliphatic carbocycles. The lowest BCUT2D eigenvalue weighted by Crippen LogP contribution is -2.19. The number of carbonyl (C=O) groups is 2. The number of hydrogen-bond acceptors (Lipinski definition) is 4. The van der Waals surface area contributed by atoms with Gasteiger partial charge in [-0.3, -0.25) is 0 Å². The molecule has 4 aromatic carbocycles. The van der Waals surface area contributed by atoms with E-state index in [9.17, 15) is 22.8 Å². The van der Waals surface area contributed by atoms with Crippen molar-refractivity contribution in [3.63, 3.8) is 0 Å². The number of benzene rings is 4. The molecule has 12 heteroatoms. The first-order valence-electron chi connectivity index (χ1n) is 15.3. The fraction of sp³-hybridized carbons (Fsp3) is 0.257. The lowest BCUT2D eigenvalue weighted by atomic mass is 9.98. The summed E-state index contributed by atoms with van der Waals surface area (Å²) in [6.07, 6.45) is -2.12. The third kappa shape index (κ3) is 10.2. The number of halogens is 4. The Hall–Kier alpha value is -4.58. The number of carbonyl (C=O) groups excluding carboxylic acids is 2. The van der Waals surface area contributed by atoms with Crippen molar-refractivity contribution >= 4 is 46.4 Å². The molecule has 8 nitrogen and oxygen atoms in total. The molecule has 0 spiro atoms. The predicted molar refractivity (Wildman–Crippen MR) is 182 cm³/mol. The third-order valence-electron chi connectivity index (χ3n) is 7.95. The van der Waals surface area contributed by atoms with Crippen LogP contribution in [0.25, 0.3) is 0 Å². The lowest BCUT2D eigenvalue weighted by Gasteiger charge is -2.12. The number of amides is 4. The summed E-state index contributed by atoms with van der Waals surface area (Å²) < 4.78 is 37.5. The van der Waals surface area contributed by atoms with Gasteiger partial charge < -0.3 is 31.9 Å². The lowest BCUT2D eigenvalue weighted by molar-refractivity contribution is -0.137. The molecule has 0 saturated carbocycles. The van der Waals surface area contributed by atoms with Gasteiger partial charge in [-0.25, -0.2) is 9.59 Å². The average molecular weight is 665 g/mol. The summed E-state index contributed by atoms with van der Waals surface area (Å²) in [5.74, 6) is 1.07. The molecule has 4 aromatic rings. The molecular formula is C35H36ClF3N6O2. The van der Waals surface area contributed by atoms with Gasteiger partial charge in [0.2, 0.25) is 0 Å². The standard InChI is InChI=1S/C18H18F3N3O.C17H18ClN3O/c19-18(20,21)14-3-7-16(8-4-14)24-17(25)23-15-5-1-12(2-6-15)13-9-10-22-11-13;18-14-2-1-3-16(10-14)21-17(22)20-15-6-4-12(5-7-15)13-8-9-19-11-13/h1-8,13,22H,9-11H2,(H2,23,24,25);1-7,10,13,19H,8-9,11H2,(H2,20,21,22). The normalized spacial score (nSPS) is 17.3. The Kier molecular flexibility index (Phi) is 11.4. The van der Waals surface area contributed by atoms with Crippen molar-refractivity contribution in [2.45, 2.75) is 30.9 Å². The SMILES string of the molecule is O=C(Nc1ccc(C2CCNC2)cc1)Nc1ccc(C(F)(F)F)cc1.O=C(Nc1ccc(C2CCNC2)cc1)Nc1cccc(Cl)c1. The van der Waals surface area contributed by atoms with Gasteiger partial charge in [0.05, 0.1) is 5.56 Å². The first-order chi connectivity index (χ1) is 22.6. The Morgan fingerprint density at radius 3 is 1.43 bits per heavy atom. The second kappa shape index (κ2) is 15.8. The van der Waals surface area contributed by atoms with E-state index in [1.807, 2.05) is 36.4 Å². The number of anilines is 4. The highest BCUT2D eigenvalue weighted by Gasteiger charge is 2.30. The maximum atomic E-state index is 12.5. The number of alkyl halides is 3. The van der Waals surface area contributed by atoms with Crippen LogP contribution in [0, 0.1) is 0 Å². The molecule has 2 saturated heterocycles. The quantitative estimate of drug-likeness (QED) is 0.124. The third-order valence-corrected chi connectivity index (χ3v) is 8.19. The van der Waals surface area contributed by atoms with Crippen molar-refractivity contribution in [3.05, 3.63) is 119 Å². The Morgan fingerprint density at radius 1 is 0.617 bits per heavy atom. The van der Waals surface area contributed by atoms with Gasteiger partial charge in [0, 0.05) is 40.9 Å². The zero-order chi connectivity index (χ0) is 33.2. The monoisotopic (exact) mass is 664 g/mol. The first-order valence-corrected chi connectivity index (χ1v) is 15.7. The van der Waals surface area contributed by atoms with E-state index in [4.69, 9.17) is 11.6 Å². The van der Waals surface area contributed by atoms with E-state index >= 15 is 0 Å². The van der Waals surface area contributed by atoms with Crippen molar-refractivity contribution < 1.29 is 22.8 Å². The van der Waals surface area contributed by atoms with Crippen molar-refractivity contribution in [1.82, 2.24) is 10.6 Å². The Balaban J connectivity index is 0.000000186. The largest absolute Gasteiger partial charge is 0.416 e. The van der Waals surface area contributed by atoms with Gasteiger partial charge in [-0.1, -0.05) is 41.9 Å². The minimum absolute atomic E-state index is 0.280. The summed E-state index contributed by atoms with van der Waals surface area (Å²) in [5, 5.41) is 18.0. The van der Waals surface area contributed by atoms with Crippen molar-refractivity contribution in [1.29, 1.82) is 0 Å². The zero-order valence-corrected chi connectivity index (χ0v) is 26.2. The Bertz CT molecular complexity index is 1620. The molecule has 4 amide bonds. The molecule has 2 aliphatic rings. The van der Waals surface area contributed by atoms with E-state index in [1.165, 1.54) is 29.7 Å². The van der Waals surface area contributed by atoms with E-state index in [1.54, 1.807) is 24.3 Å². The molecule has 2 fully saturated rings. The second-order valence-corrected chi connectivity index (χ2v) is 11.8. The minimum atomic E-state index is -4.39. The zero-order valence-electron chi connectivity index (χ0n) is 25.5. The maximum Gasteiger partial charge on any atom is 0.416 e. The van der Waals surface area contributed by atoms with E-state index in [2.05, 4.69) is 44.0 Å². The van der Waals surface area contributed by atoms with E-state index < -0.39 is 17.8 Å². The van der Waals surface area contributed by atoms with Crippen LogP contribution in [0.1, 0.15) is 41.4 Å². The number of nitrogens with one attached hydrogen (secondary N) is 6. The van der Waals surface area contributed by atoms with Gasteiger partial charge in [0.15, 0.2) is 0 Å². The number of rotatable bonds is 6. The minimum Gasteiger partial charge on any atom is -0.316 e. The summed E-state index contributed by atoms with van der Waals surface area (Å²) >= 11 is 5.89. The second-order valence-electron chi connectivity index (χ2n) is 11.4. The van der Waals surface area contributed by atoms with Gasteiger partial charge in [-0.15, -0.1) is 0 Å². The molecule has 0 aromatic heterocycles.